The molecule has 3 aromatic carbocycles. The number of halogens is 2. The maximum atomic E-state index is 13.3. The van der Waals surface area contributed by atoms with Gasteiger partial charge in [-0.15, -0.1) is 0 Å². The highest BCUT2D eigenvalue weighted by atomic mass is 35.5. The van der Waals surface area contributed by atoms with Gasteiger partial charge in [0.15, 0.2) is 0 Å². The molecule has 1 fully saturated rings. The molecular formula is C24H19ClFN3O. The Hall–Kier alpha value is -3.18. The molecule has 5 rings (SSSR count). The number of aromatic nitrogens is 2. The van der Waals surface area contributed by atoms with E-state index >= 15 is 0 Å². The molecular weight excluding hydrogens is 401 g/mol. The fourth-order valence-electron chi connectivity index (χ4n) is 4.21. The lowest BCUT2D eigenvalue weighted by Crippen LogP contribution is -2.28. The summed E-state index contributed by atoms with van der Waals surface area (Å²) in [7, 11) is 0. The van der Waals surface area contributed by atoms with Gasteiger partial charge in [0.1, 0.15) is 5.82 Å². The van der Waals surface area contributed by atoms with Gasteiger partial charge < -0.3 is 4.90 Å². The zero-order chi connectivity index (χ0) is 20.8. The number of carbonyl (C=O) groups excluding carboxylic acids is 1. The predicted octanol–water partition coefficient (Wildman–Crippen LogP) is 5.93. The van der Waals surface area contributed by atoms with Crippen molar-refractivity contribution in [1.82, 2.24) is 9.78 Å². The highest BCUT2D eigenvalue weighted by molar-refractivity contribution is 6.31. The third-order valence-electron chi connectivity index (χ3n) is 5.71. The standard InChI is InChI=1S/C24H19ClFN3O/c1-15-12-23(20-4-2-3-5-21(20)25)28(24(15)30)19-10-11-22-16(13-19)14-27-29(22)18-8-6-17(26)7-9-18/h2-11,13-15,23H,12H2,1H3/t15-,23+/m1/s1. The fourth-order valence-corrected chi connectivity index (χ4v) is 4.47. The molecule has 0 saturated carbocycles. The van der Waals surface area contributed by atoms with Crippen LogP contribution in [0.1, 0.15) is 24.9 Å². The summed E-state index contributed by atoms with van der Waals surface area (Å²) < 4.78 is 15.0. The van der Waals surface area contributed by atoms with Gasteiger partial charge >= 0.3 is 0 Å². The van der Waals surface area contributed by atoms with Crippen molar-refractivity contribution in [2.75, 3.05) is 4.90 Å². The normalized spacial score (nSPS) is 19.0. The van der Waals surface area contributed by atoms with Crippen molar-refractivity contribution < 1.29 is 9.18 Å². The van der Waals surface area contributed by atoms with E-state index in [1.807, 2.05) is 54.3 Å². The first-order chi connectivity index (χ1) is 14.5. The second-order valence-electron chi connectivity index (χ2n) is 7.66. The van der Waals surface area contributed by atoms with Gasteiger partial charge in [0.25, 0.3) is 0 Å². The Balaban J connectivity index is 1.57. The van der Waals surface area contributed by atoms with Gasteiger partial charge in [-0.25, -0.2) is 9.07 Å². The summed E-state index contributed by atoms with van der Waals surface area (Å²) in [6, 6.07) is 19.6. The molecule has 2 heterocycles. The molecule has 0 N–H and O–H groups in total. The lowest BCUT2D eigenvalue weighted by Gasteiger charge is -2.26. The maximum Gasteiger partial charge on any atom is 0.230 e. The number of hydrogen-bond donors (Lipinski definition) is 0. The molecule has 1 aromatic heterocycles. The quantitative estimate of drug-likeness (QED) is 0.412. The van der Waals surface area contributed by atoms with E-state index in [2.05, 4.69) is 5.10 Å². The molecule has 6 heteroatoms. The summed E-state index contributed by atoms with van der Waals surface area (Å²) in [5.41, 5.74) is 3.44. The molecule has 0 aliphatic carbocycles. The van der Waals surface area contributed by atoms with Gasteiger partial charge in [-0.1, -0.05) is 36.7 Å². The van der Waals surface area contributed by atoms with Gasteiger partial charge in [0, 0.05) is 22.0 Å². The minimum atomic E-state index is -0.287. The fraction of sp³-hybridized carbons (Fsp3) is 0.167. The van der Waals surface area contributed by atoms with E-state index in [9.17, 15) is 9.18 Å². The number of amides is 1. The predicted molar refractivity (Wildman–Crippen MR) is 116 cm³/mol. The van der Waals surface area contributed by atoms with Crippen LogP contribution in [0.4, 0.5) is 10.1 Å². The molecule has 0 spiro atoms. The second kappa shape index (κ2) is 7.26. The Labute approximate surface area is 178 Å². The summed E-state index contributed by atoms with van der Waals surface area (Å²) in [5, 5.41) is 6.03. The van der Waals surface area contributed by atoms with E-state index in [1.54, 1.807) is 23.0 Å². The van der Waals surface area contributed by atoms with Crippen molar-refractivity contribution in [2.24, 2.45) is 5.92 Å². The average molecular weight is 420 g/mol. The van der Waals surface area contributed by atoms with Crippen LogP contribution >= 0.6 is 11.6 Å². The van der Waals surface area contributed by atoms with Crippen molar-refractivity contribution in [2.45, 2.75) is 19.4 Å². The Morgan fingerprint density at radius 1 is 1.03 bits per heavy atom. The van der Waals surface area contributed by atoms with Crippen LogP contribution in [0.3, 0.4) is 0 Å². The van der Waals surface area contributed by atoms with Gasteiger partial charge in [-0.3, -0.25) is 4.79 Å². The number of benzene rings is 3. The van der Waals surface area contributed by atoms with E-state index in [1.165, 1.54) is 12.1 Å². The zero-order valence-electron chi connectivity index (χ0n) is 16.3. The molecule has 0 bridgehead atoms. The van der Waals surface area contributed by atoms with Gasteiger partial charge in [0.2, 0.25) is 5.91 Å². The Morgan fingerprint density at radius 2 is 1.77 bits per heavy atom. The van der Waals surface area contributed by atoms with Gasteiger partial charge in [0.05, 0.1) is 23.4 Å². The number of nitrogens with zero attached hydrogens (tertiary/aromatic N) is 3. The van der Waals surface area contributed by atoms with Crippen molar-refractivity contribution in [1.29, 1.82) is 0 Å². The SMILES string of the molecule is C[C@@H]1C[C@@H](c2ccccc2Cl)N(c2ccc3c(cnn3-c3ccc(F)cc3)c2)C1=O. The molecule has 1 aliphatic rings. The average Bonchev–Trinajstić information content (AvgIpc) is 3.29. The molecule has 1 amide bonds. The summed E-state index contributed by atoms with van der Waals surface area (Å²) in [4.78, 5) is 14.9. The van der Waals surface area contributed by atoms with E-state index in [0.717, 1.165) is 34.3 Å². The molecule has 0 unspecified atom stereocenters. The van der Waals surface area contributed by atoms with Crippen LogP contribution in [0.5, 0.6) is 0 Å². The Bertz CT molecular complexity index is 1250. The summed E-state index contributed by atoms with van der Waals surface area (Å²) in [6.45, 7) is 1.96. The minimum Gasteiger partial charge on any atom is -0.305 e. The van der Waals surface area contributed by atoms with Crippen molar-refractivity contribution >= 4 is 34.1 Å². The highest BCUT2D eigenvalue weighted by Crippen LogP contribution is 2.42. The maximum absolute atomic E-state index is 13.3. The van der Waals surface area contributed by atoms with E-state index in [0.29, 0.717) is 5.02 Å². The van der Waals surface area contributed by atoms with Crippen LogP contribution in [0.25, 0.3) is 16.6 Å². The smallest absolute Gasteiger partial charge is 0.230 e. The molecule has 1 aliphatic heterocycles. The zero-order valence-corrected chi connectivity index (χ0v) is 17.1. The first-order valence-electron chi connectivity index (χ1n) is 9.84. The molecule has 4 aromatic rings. The highest BCUT2D eigenvalue weighted by Gasteiger charge is 2.39. The van der Waals surface area contributed by atoms with E-state index in [4.69, 9.17) is 11.6 Å². The van der Waals surface area contributed by atoms with Crippen molar-refractivity contribution in [3.05, 3.63) is 89.3 Å². The van der Waals surface area contributed by atoms with Gasteiger partial charge in [-0.05, 0) is 60.5 Å². The first-order valence-corrected chi connectivity index (χ1v) is 10.2. The van der Waals surface area contributed by atoms with Crippen molar-refractivity contribution in [3.8, 4) is 5.69 Å². The van der Waals surface area contributed by atoms with Crippen LogP contribution in [0, 0.1) is 11.7 Å². The number of carbonyl (C=O) groups is 1. The van der Waals surface area contributed by atoms with Crippen LogP contribution in [-0.4, -0.2) is 15.7 Å². The van der Waals surface area contributed by atoms with E-state index < -0.39 is 0 Å². The van der Waals surface area contributed by atoms with Crippen LogP contribution < -0.4 is 4.90 Å². The van der Waals surface area contributed by atoms with Crippen molar-refractivity contribution in [3.63, 3.8) is 0 Å². The van der Waals surface area contributed by atoms with Crippen LogP contribution in [-0.2, 0) is 4.79 Å². The Morgan fingerprint density at radius 3 is 2.53 bits per heavy atom. The third-order valence-corrected chi connectivity index (χ3v) is 6.06. The first kappa shape index (κ1) is 18.8. The lowest BCUT2D eigenvalue weighted by atomic mass is 10.0. The molecule has 2 atom stereocenters. The number of rotatable bonds is 3. The summed E-state index contributed by atoms with van der Waals surface area (Å²) >= 11 is 6.45. The summed E-state index contributed by atoms with van der Waals surface area (Å²) in [6.07, 6.45) is 2.48. The lowest BCUT2D eigenvalue weighted by molar-refractivity contribution is -0.120. The van der Waals surface area contributed by atoms with Gasteiger partial charge in [-0.2, -0.15) is 5.10 Å². The topological polar surface area (TPSA) is 38.1 Å². The molecule has 1 saturated heterocycles. The van der Waals surface area contributed by atoms with Crippen LogP contribution in [0.2, 0.25) is 5.02 Å². The Kier molecular flexibility index (Phi) is 4.55. The number of hydrogen-bond acceptors (Lipinski definition) is 2. The number of fused-ring (bicyclic) bond motifs is 1. The molecule has 30 heavy (non-hydrogen) atoms. The molecule has 0 radical (unpaired) electrons. The summed E-state index contributed by atoms with van der Waals surface area (Å²) in [5.74, 6) is -0.279. The third kappa shape index (κ3) is 3.06. The monoisotopic (exact) mass is 419 g/mol. The largest absolute Gasteiger partial charge is 0.305 e. The number of anilines is 1. The minimum absolute atomic E-state index is 0.0797. The second-order valence-corrected chi connectivity index (χ2v) is 8.07. The van der Waals surface area contributed by atoms with Crippen LogP contribution in [0.15, 0.2) is 72.9 Å². The molecule has 150 valence electrons. The van der Waals surface area contributed by atoms with E-state index in [-0.39, 0.29) is 23.7 Å². The molecule has 4 nitrogen and oxygen atoms in total.